The summed E-state index contributed by atoms with van der Waals surface area (Å²) in [6.07, 6.45) is 0.922. The smallest absolute Gasteiger partial charge is 0.233 e. The van der Waals surface area contributed by atoms with Gasteiger partial charge >= 0.3 is 0 Å². The summed E-state index contributed by atoms with van der Waals surface area (Å²) in [7, 11) is 3.52. The van der Waals surface area contributed by atoms with Crippen molar-refractivity contribution < 1.29 is 9.53 Å². The molecule has 0 fully saturated rings. The van der Waals surface area contributed by atoms with Gasteiger partial charge in [0.15, 0.2) is 11.0 Å². The number of thioether (sulfide) groups is 1. The number of rotatable bonds is 7. The molecule has 0 radical (unpaired) electrons. The van der Waals surface area contributed by atoms with E-state index in [1.165, 1.54) is 11.8 Å². The van der Waals surface area contributed by atoms with Gasteiger partial charge in [0.05, 0.1) is 17.9 Å². The molecule has 1 atom stereocenters. The maximum atomic E-state index is 12.0. The van der Waals surface area contributed by atoms with Crippen LogP contribution in [-0.2, 0) is 11.8 Å². The number of ether oxygens (including phenoxy) is 1. The zero-order chi connectivity index (χ0) is 16.8. The molecule has 1 aromatic heterocycles. The lowest BCUT2D eigenvalue weighted by Gasteiger charge is -2.11. The van der Waals surface area contributed by atoms with E-state index >= 15 is 0 Å². The summed E-state index contributed by atoms with van der Waals surface area (Å²) in [5.74, 6) is 1.47. The number of benzene rings is 1. The van der Waals surface area contributed by atoms with E-state index in [1.54, 1.807) is 7.11 Å². The van der Waals surface area contributed by atoms with Crippen molar-refractivity contribution in [3.8, 4) is 17.1 Å². The standard InChI is InChI=1S/C16H22N4O2S/c1-5-10-17-15(21)11(2)23-16-19-18-14(20(16)3)12-8-6-7-9-13(12)22-4/h6-9,11H,5,10H2,1-4H3,(H,17,21)/t11-/m0/s1. The van der Waals surface area contributed by atoms with Crippen LogP contribution in [0.1, 0.15) is 20.3 Å². The van der Waals surface area contributed by atoms with E-state index in [9.17, 15) is 4.79 Å². The number of amides is 1. The molecule has 0 unspecified atom stereocenters. The topological polar surface area (TPSA) is 69.0 Å². The van der Waals surface area contributed by atoms with Crippen LogP contribution >= 0.6 is 11.8 Å². The third-order valence-corrected chi connectivity index (χ3v) is 4.52. The number of para-hydroxylation sites is 1. The van der Waals surface area contributed by atoms with Gasteiger partial charge in [-0.15, -0.1) is 10.2 Å². The summed E-state index contributed by atoms with van der Waals surface area (Å²) < 4.78 is 7.26. The monoisotopic (exact) mass is 334 g/mol. The summed E-state index contributed by atoms with van der Waals surface area (Å²) in [4.78, 5) is 12.0. The van der Waals surface area contributed by atoms with E-state index in [-0.39, 0.29) is 11.2 Å². The van der Waals surface area contributed by atoms with E-state index in [4.69, 9.17) is 4.74 Å². The normalized spacial score (nSPS) is 12.0. The Hall–Kier alpha value is -2.02. The maximum absolute atomic E-state index is 12.0. The number of nitrogens with one attached hydrogen (secondary N) is 1. The highest BCUT2D eigenvalue weighted by Crippen LogP contribution is 2.30. The highest BCUT2D eigenvalue weighted by molar-refractivity contribution is 8.00. The highest BCUT2D eigenvalue weighted by Gasteiger charge is 2.20. The average Bonchev–Trinajstić information content (AvgIpc) is 2.93. The maximum Gasteiger partial charge on any atom is 0.233 e. The first-order valence-corrected chi connectivity index (χ1v) is 8.43. The van der Waals surface area contributed by atoms with E-state index in [0.717, 1.165) is 17.7 Å². The van der Waals surface area contributed by atoms with Gasteiger partial charge in [-0.1, -0.05) is 30.8 Å². The van der Waals surface area contributed by atoms with Crippen molar-refractivity contribution >= 4 is 17.7 Å². The Bertz CT molecular complexity index is 672. The molecule has 124 valence electrons. The van der Waals surface area contributed by atoms with Crippen molar-refractivity contribution in [2.45, 2.75) is 30.7 Å². The van der Waals surface area contributed by atoms with Gasteiger partial charge in [-0.25, -0.2) is 0 Å². The number of carbonyl (C=O) groups excluding carboxylic acids is 1. The molecule has 0 aliphatic carbocycles. The minimum Gasteiger partial charge on any atom is -0.496 e. The molecule has 7 heteroatoms. The number of nitrogens with zero attached hydrogens (tertiary/aromatic N) is 3. The van der Waals surface area contributed by atoms with Gasteiger partial charge in [0.1, 0.15) is 5.75 Å². The summed E-state index contributed by atoms with van der Waals surface area (Å²) >= 11 is 1.39. The van der Waals surface area contributed by atoms with Crippen LogP contribution in [-0.4, -0.2) is 39.6 Å². The first-order valence-electron chi connectivity index (χ1n) is 7.55. The molecule has 2 rings (SSSR count). The predicted octanol–water partition coefficient (Wildman–Crippen LogP) is 2.50. The van der Waals surface area contributed by atoms with Gasteiger partial charge in [-0.05, 0) is 25.5 Å². The first-order chi connectivity index (χ1) is 11.1. The third kappa shape index (κ3) is 4.04. The third-order valence-electron chi connectivity index (χ3n) is 3.38. The molecule has 0 saturated heterocycles. The van der Waals surface area contributed by atoms with Crippen LogP contribution in [0.15, 0.2) is 29.4 Å². The molecule has 1 aromatic carbocycles. The second-order valence-corrected chi connectivity index (χ2v) is 6.42. The first kappa shape index (κ1) is 17.3. The Labute approximate surface area is 140 Å². The number of hydrogen-bond donors (Lipinski definition) is 1. The Balaban J connectivity index is 2.18. The molecule has 1 amide bonds. The van der Waals surface area contributed by atoms with Crippen molar-refractivity contribution in [2.24, 2.45) is 7.05 Å². The van der Waals surface area contributed by atoms with Crippen LogP contribution in [0.5, 0.6) is 5.75 Å². The number of aromatic nitrogens is 3. The fourth-order valence-corrected chi connectivity index (χ4v) is 2.92. The van der Waals surface area contributed by atoms with Gasteiger partial charge in [0.25, 0.3) is 0 Å². The number of hydrogen-bond acceptors (Lipinski definition) is 5. The Morgan fingerprint density at radius 1 is 1.39 bits per heavy atom. The molecule has 0 saturated carbocycles. The van der Waals surface area contributed by atoms with Crippen molar-refractivity contribution in [3.63, 3.8) is 0 Å². The second kappa shape index (κ2) is 8.01. The SMILES string of the molecule is CCCNC(=O)[C@H](C)Sc1nnc(-c2ccccc2OC)n1C. The van der Waals surface area contributed by atoms with Crippen LogP contribution in [0.3, 0.4) is 0 Å². The fourth-order valence-electron chi connectivity index (χ4n) is 2.08. The zero-order valence-corrected chi connectivity index (χ0v) is 14.7. The van der Waals surface area contributed by atoms with E-state index in [2.05, 4.69) is 15.5 Å². The number of methoxy groups -OCH3 is 1. The van der Waals surface area contributed by atoms with Crippen LogP contribution in [0, 0.1) is 0 Å². The van der Waals surface area contributed by atoms with Gasteiger partial charge in [0.2, 0.25) is 5.91 Å². The minimum absolute atomic E-state index is 0.0127. The molecular weight excluding hydrogens is 312 g/mol. The predicted molar refractivity (Wildman–Crippen MR) is 91.6 cm³/mol. The largest absolute Gasteiger partial charge is 0.496 e. The van der Waals surface area contributed by atoms with Gasteiger partial charge in [0, 0.05) is 13.6 Å². The lowest BCUT2D eigenvalue weighted by atomic mass is 10.2. The molecule has 1 N–H and O–H groups in total. The van der Waals surface area contributed by atoms with Gasteiger partial charge < -0.3 is 14.6 Å². The summed E-state index contributed by atoms with van der Waals surface area (Å²) in [6.45, 7) is 4.59. The van der Waals surface area contributed by atoms with Crippen LogP contribution in [0.2, 0.25) is 0 Å². The zero-order valence-electron chi connectivity index (χ0n) is 13.9. The summed E-state index contributed by atoms with van der Waals surface area (Å²) in [6, 6.07) is 7.67. The van der Waals surface area contributed by atoms with E-state index in [1.807, 2.05) is 49.7 Å². The Kier molecular flexibility index (Phi) is 6.04. The lowest BCUT2D eigenvalue weighted by molar-refractivity contribution is -0.120. The molecule has 6 nitrogen and oxygen atoms in total. The lowest BCUT2D eigenvalue weighted by Crippen LogP contribution is -2.31. The minimum atomic E-state index is -0.227. The van der Waals surface area contributed by atoms with Gasteiger partial charge in [-0.2, -0.15) is 0 Å². The molecule has 0 bridgehead atoms. The van der Waals surface area contributed by atoms with Crippen molar-refractivity contribution in [3.05, 3.63) is 24.3 Å². The average molecular weight is 334 g/mol. The fraction of sp³-hybridized carbons (Fsp3) is 0.438. The molecule has 23 heavy (non-hydrogen) atoms. The van der Waals surface area contributed by atoms with Crippen LogP contribution in [0.4, 0.5) is 0 Å². The molecule has 2 aromatic rings. The van der Waals surface area contributed by atoms with Gasteiger partial charge in [-0.3, -0.25) is 4.79 Å². The Morgan fingerprint density at radius 3 is 2.83 bits per heavy atom. The van der Waals surface area contributed by atoms with E-state index in [0.29, 0.717) is 17.5 Å². The summed E-state index contributed by atoms with van der Waals surface area (Å²) in [5, 5.41) is 11.8. The van der Waals surface area contributed by atoms with Crippen LogP contribution in [0.25, 0.3) is 11.4 Å². The van der Waals surface area contributed by atoms with E-state index < -0.39 is 0 Å². The quantitative estimate of drug-likeness (QED) is 0.788. The van der Waals surface area contributed by atoms with Crippen molar-refractivity contribution in [1.82, 2.24) is 20.1 Å². The molecular formula is C16H22N4O2S. The van der Waals surface area contributed by atoms with Crippen LogP contribution < -0.4 is 10.1 Å². The Morgan fingerprint density at radius 2 is 2.13 bits per heavy atom. The molecule has 0 aliphatic heterocycles. The van der Waals surface area contributed by atoms with Crippen molar-refractivity contribution in [1.29, 1.82) is 0 Å². The second-order valence-electron chi connectivity index (χ2n) is 5.12. The summed E-state index contributed by atoms with van der Waals surface area (Å²) in [5.41, 5.74) is 0.875. The highest BCUT2D eigenvalue weighted by atomic mass is 32.2. The van der Waals surface area contributed by atoms with Crippen molar-refractivity contribution in [2.75, 3.05) is 13.7 Å². The molecule has 1 heterocycles. The number of carbonyl (C=O) groups is 1. The molecule has 0 aliphatic rings. The molecule has 0 spiro atoms.